The molecule has 0 fully saturated rings. The van der Waals surface area contributed by atoms with Crippen molar-refractivity contribution >= 4 is 61.8 Å². The first kappa shape index (κ1) is 23.1. The predicted octanol–water partition coefficient (Wildman–Crippen LogP) is 6.59. The molecule has 1 heterocycles. The standard InChI is InChI=1S/C23H19BrClNO4S/c1-13-20(15-5-4-6-17(25)12-15)21(23(28)30-3)22(31-13)26-19(27)10-7-14-11-16(24)8-9-18(14)29-2/h4-12H,1-3H3,(H,26,27)/b10-7+. The molecule has 0 unspecified atom stereocenters. The van der Waals surface area contributed by atoms with Gasteiger partial charge in [-0.3, -0.25) is 4.79 Å². The van der Waals surface area contributed by atoms with Gasteiger partial charge >= 0.3 is 5.97 Å². The number of amides is 1. The number of esters is 1. The normalized spacial score (nSPS) is 10.9. The monoisotopic (exact) mass is 519 g/mol. The van der Waals surface area contributed by atoms with E-state index in [1.807, 2.05) is 31.2 Å². The zero-order chi connectivity index (χ0) is 22.5. The number of rotatable bonds is 6. The Morgan fingerprint density at radius 1 is 1.16 bits per heavy atom. The summed E-state index contributed by atoms with van der Waals surface area (Å²) in [5, 5.41) is 3.76. The van der Waals surface area contributed by atoms with Crippen LogP contribution in [0.1, 0.15) is 20.8 Å². The maximum Gasteiger partial charge on any atom is 0.341 e. The van der Waals surface area contributed by atoms with E-state index in [0.29, 0.717) is 26.9 Å². The lowest BCUT2D eigenvalue weighted by Crippen LogP contribution is -2.11. The fourth-order valence-corrected chi connectivity index (χ4v) is 4.71. The average Bonchev–Trinajstić information content (AvgIpc) is 3.07. The number of benzene rings is 2. The highest BCUT2D eigenvalue weighted by Gasteiger charge is 2.25. The Labute approximate surface area is 197 Å². The molecule has 2 aromatic carbocycles. The van der Waals surface area contributed by atoms with Gasteiger partial charge in [0.1, 0.15) is 16.3 Å². The molecule has 5 nitrogen and oxygen atoms in total. The van der Waals surface area contributed by atoms with Crippen molar-refractivity contribution in [1.29, 1.82) is 0 Å². The second kappa shape index (κ2) is 10.1. The molecule has 0 saturated carbocycles. The molecule has 0 aliphatic heterocycles. The smallest absolute Gasteiger partial charge is 0.341 e. The van der Waals surface area contributed by atoms with Crippen molar-refractivity contribution in [3.05, 3.63) is 74.0 Å². The minimum Gasteiger partial charge on any atom is -0.496 e. The minimum absolute atomic E-state index is 0.300. The van der Waals surface area contributed by atoms with Gasteiger partial charge in [0, 0.05) is 31.6 Å². The van der Waals surface area contributed by atoms with Gasteiger partial charge in [0.25, 0.3) is 0 Å². The van der Waals surface area contributed by atoms with Gasteiger partial charge in [-0.25, -0.2) is 4.79 Å². The van der Waals surface area contributed by atoms with Crippen LogP contribution in [0.5, 0.6) is 5.75 Å². The summed E-state index contributed by atoms with van der Waals surface area (Å²) in [5.41, 5.74) is 2.50. The number of carbonyl (C=O) groups is 2. The number of ether oxygens (including phenoxy) is 2. The molecule has 3 rings (SSSR count). The molecule has 3 aromatic rings. The van der Waals surface area contributed by atoms with Crippen molar-refractivity contribution in [2.75, 3.05) is 19.5 Å². The van der Waals surface area contributed by atoms with E-state index in [-0.39, 0.29) is 5.91 Å². The van der Waals surface area contributed by atoms with Crippen LogP contribution in [0, 0.1) is 6.92 Å². The second-order valence-corrected chi connectivity index (χ2v) is 9.03. The number of methoxy groups -OCH3 is 2. The minimum atomic E-state index is -0.535. The summed E-state index contributed by atoms with van der Waals surface area (Å²) >= 11 is 10.8. The van der Waals surface area contributed by atoms with Gasteiger partial charge in [-0.05, 0) is 48.9 Å². The molecule has 1 N–H and O–H groups in total. The molecule has 0 saturated heterocycles. The van der Waals surface area contributed by atoms with E-state index in [4.69, 9.17) is 21.1 Å². The largest absolute Gasteiger partial charge is 0.496 e. The maximum absolute atomic E-state index is 12.6. The molecule has 31 heavy (non-hydrogen) atoms. The highest BCUT2D eigenvalue weighted by atomic mass is 79.9. The van der Waals surface area contributed by atoms with Crippen molar-refractivity contribution in [3.63, 3.8) is 0 Å². The summed E-state index contributed by atoms with van der Waals surface area (Å²) in [6, 6.07) is 12.7. The SMILES string of the molecule is COC(=O)c1c(NC(=O)/C=C/c2cc(Br)ccc2OC)sc(C)c1-c1cccc(Cl)c1. The third kappa shape index (κ3) is 5.36. The van der Waals surface area contributed by atoms with E-state index in [1.54, 1.807) is 31.4 Å². The summed E-state index contributed by atoms with van der Waals surface area (Å²) in [6.07, 6.45) is 3.04. The highest BCUT2D eigenvalue weighted by Crippen LogP contribution is 2.41. The molecule has 0 aliphatic rings. The highest BCUT2D eigenvalue weighted by molar-refractivity contribution is 9.10. The van der Waals surface area contributed by atoms with E-state index in [9.17, 15) is 9.59 Å². The Morgan fingerprint density at radius 3 is 2.61 bits per heavy atom. The summed E-state index contributed by atoms with van der Waals surface area (Å²) in [6.45, 7) is 1.88. The lowest BCUT2D eigenvalue weighted by Gasteiger charge is -2.08. The van der Waals surface area contributed by atoms with Crippen LogP contribution in [0.2, 0.25) is 5.02 Å². The van der Waals surface area contributed by atoms with E-state index < -0.39 is 5.97 Å². The topological polar surface area (TPSA) is 64.6 Å². The van der Waals surface area contributed by atoms with Crippen molar-refractivity contribution in [2.24, 2.45) is 0 Å². The van der Waals surface area contributed by atoms with Gasteiger partial charge in [-0.1, -0.05) is 39.7 Å². The van der Waals surface area contributed by atoms with Gasteiger partial charge in [-0.15, -0.1) is 11.3 Å². The van der Waals surface area contributed by atoms with Gasteiger partial charge in [0.05, 0.1) is 14.2 Å². The van der Waals surface area contributed by atoms with Crippen LogP contribution in [-0.4, -0.2) is 26.1 Å². The Morgan fingerprint density at radius 2 is 1.94 bits per heavy atom. The maximum atomic E-state index is 12.6. The quantitative estimate of drug-likeness (QED) is 0.294. The number of hydrogen-bond acceptors (Lipinski definition) is 5. The van der Waals surface area contributed by atoms with Crippen LogP contribution < -0.4 is 10.1 Å². The van der Waals surface area contributed by atoms with Crippen LogP contribution in [-0.2, 0) is 9.53 Å². The van der Waals surface area contributed by atoms with Crippen molar-refractivity contribution < 1.29 is 19.1 Å². The van der Waals surface area contributed by atoms with Gasteiger partial charge in [-0.2, -0.15) is 0 Å². The predicted molar refractivity (Wildman–Crippen MR) is 129 cm³/mol. The first-order valence-corrected chi connectivity index (χ1v) is 11.1. The molecule has 160 valence electrons. The van der Waals surface area contributed by atoms with Crippen LogP contribution in [0.25, 0.3) is 17.2 Å². The van der Waals surface area contributed by atoms with E-state index in [0.717, 1.165) is 20.5 Å². The summed E-state index contributed by atoms with van der Waals surface area (Å²) < 4.78 is 11.2. The zero-order valence-electron chi connectivity index (χ0n) is 17.0. The molecular weight excluding hydrogens is 502 g/mol. The van der Waals surface area contributed by atoms with Crippen LogP contribution in [0.3, 0.4) is 0 Å². The number of carbonyl (C=O) groups excluding carboxylic acids is 2. The Hall–Kier alpha value is -2.61. The Kier molecular flexibility index (Phi) is 7.54. The number of anilines is 1. The number of hydrogen-bond donors (Lipinski definition) is 1. The fraction of sp³-hybridized carbons (Fsp3) is 0.130. The van der Waals surface area contributed by atoms with Crippen molar-refractivity contribution in [3.8, 4) is 16.9 Å². The molecule has 0 radical (unpaired) electrons. The van der Waals surface area contributed by atoms with E-state index in [2.05, 4.69) is 21.2 Å². The molecule has 0 aliphatic carbocycles. The molecule has 0 bridgehead atoms. The second-order valence-electron chi connectivity index (χ2n) is 6.45. The molecule has 8 heteroatoms. The summed E-state index contributed by atoms with van der Waals surface area (Å²) in [7, 11) is 2.87. The van der Waals surface area contributed by atoms with E-state index in [1.165, 1.54) is 24.5 Å². The third-order valence-electron chi connectivity index (χ3n) is 4.43. The van der Waals surface area contributed by atoms with Gasteiger partial charge in [0.2, 0.25) is 5.91 Å². The van der Waals surface area contributed by atoms with Crippen LogP contribution in [0.15, 0.2) is 53.0 Å². The first-order valence-electron chi connectivity index (χ1n) is 9.14. The third-order valence-corrected chi connectivity index (χ3v) is 6.18. The number of thiophene rings is 1. The van der Waals surface area contributed by atoms with Crippen molar-refractivity contribution in [1.82, 2.24) is 0 Å². The summed E-state index contributed by atoms with van der Waals surface area (Å²) in [4.78, 5) is 26.1. The van der Waals surface area contributed by atoms with Crippen LogP contribution in [0.4, 0.5) is 5.00 Å². The molecular formula is C23H19BrClNO4S. The molecule has 1 aromatic heterocycles. The molecule has 1 amide bonds. The average molecular weight is 521 g/mol. The Bertz CT molecular complexity index is 1170. The molecule has 0 atom stereocenters. The number of halogens is 2. The van der Waals surface area contributed by atoms with Gasteiger partial charge in [0.15, 0.2) is 0 Å². The van der Waals surface area contributed by atoms with E-state index >= 15 is 0 Å². The number of nitrogens with one attached hydrogen (secondary N) is 1. The lowest BCUT2D eigenvalue weighted by atomic mass is 10.0. The van der Waals surface area contributed by atoms with Crippen molar-refractivity contribution in [2.45, 2.75) is 6.92 Å². The van der Waals surface area contributed by atoms with Gasteiger partial charge < -0.3 is 14.8 Å². The fourth-order valence-electron chi connectivity index (χ4n) is 3.08. The first-order chi connectivity index (χ1) is 14.8. The molecule has 0 spiro atoms. The lowest BCUT2D eigenvalue weighted by molar-refractivity contribution is -0.111. The van der Waals surface area contributed by atoms with Crippen LogP contribution >= 0.6 is 38.9 Å². The summed E-state index contributed by atoms with van der Waals surface area (Å²) in [5.74, 6) is -0.281. The number of aryl methyl sites for hydroxylation is 1. The zero-order valence-corrected chi connectivity index (χ0v) is 20.2. The Balaban J connectivity index is 1.95.